The third-order valence-electron chi connectivity index (χ3n) is 9.37. The summed E-state index contributed by atoms with van der Waals surface area (Å²) in [6, 6.07) is 20.1. The summed E-state index contributed by atoms with van der Waals surface area (Å²) in [5.41, 5.74) is -0.0832. The molecule has 1 aliphatic carbocycles. The molecule has 0 saturated heterocycles. The van der Waals surface area contributed by atoms with E-state index in [4.69, 9.17) is 14.2 Å². The molecule has 0 aliphatic heterocycles. The smallest absolute Gasteiger partial charge is 0.338 e. The molecule has 1 saturated carbocycles. The summed E-state index contributed by atoms with van der Waals surface area (Å²) in [6.45, 7) is 4.15. The van der Waals surface area contributed by atoms with Crippen LogP contribution in [0.4, 0.5) is 11.4 Å². The van der Waals surface area contributed by atoms with Gasteiger partial charge in [0.15, 0.2) is 0 Å². The largest absolute Gasteiger partial charge is 0.466 e. The van der Waals surface area contributed by atoms with E-state index in [0.29, 0.717) is 19.3 Å². The van der Waals surface area contributed by atoms with Crippen LogP contribution in [0.25, 0.3) is 0 Å². The number of thioether (sulfide) groups is 1. The first-order chi connectivity index (χ1) is 26.6. The molecule has 0 spiro atoms. The average Bonchev–Trinajstić information content (AvgIpc) is 3.51. The zero-order chi connectivity index (χ0) is 39.6. The number of ether oxygens (including phenoxy) is 3. The van der Waals surface area contributed by atoms with Crippen molar-refractivity contribution in [2.24, 2.45) is 11.8 Å². The first kappa shape index (κ1) is 42.4. The molecule has 0 N–H and O–H groups in total. The molecule has 4 rings (SSSR count). The highest BCUT2D eigenvalue weighted by atomic mass is 32.2. The number of unbranched alkanes of at least 4 members (excludes halogenated alkanes) is 3. The SMILES string of the molecule is CCCCC/C=C\C/C=C\[C@H](Sc1ccccc1)[C@@H]1[C@H](CCCC(=O)OCC)[C@H](OC(=O)c2ccc([N+](=O)[O-])cc2)C[C@@H]1OC(=O)c1ccc([N+](=O)[O-])cc1. The van der Waals surface area contributed by atoms with Crippen molar-refractivity contribution in [3.05, 3.63) is 135 Å². The maximum atomic E-state index is 13.7. The number of allylic oxidation sites excluding steroid dienone is 3. The molecule has 0 bridgehead atoms. The van der Waals surface area contributed by atoms with Crippen molar-refractivity contribution in [2.45, 2.75) is 94.0 Å². The Morgan fingerprint density at radius 1 is 0.782 bits per heavy atom. The second kappa shape index (κ2) is 22.2. The van der Waals surface area contributed by atoms with Gasteiger partial charge in [-0.15, -0.1) is 11.8 Å². The quantitative estimate of drug-likeness (QED) is 0.0192. The molecule has 292 valence electrons. The molecular formula is C42H48N2O10S. The van der Waals surface area contributed by atoms with Crippen LogP contribution in [0.15, 0.2) is 108 Å². The highest BCUT2D eigenvalue weighted by Gasteiger charge is 2.50. The Balaban J connectivity index is 1.72. The minimum absolute atomic E-state index is 0.125. The fraction of sp³-hybridized carbons (Fsp3) is 0.405. The lowest BCUT2D eigenvalue weighted by molar-refractivity contribution is -0.385. The van der Waals surface area contributed by atoms with Crippen molar-refractivity contribution in [1.29, 1.82) is 0 Å². The van der Waals surface area contributed by atoms with Crippen LogP contribution in [0.5, 0.6) is 0 Å². The minimum atomic E-state index is -0.764. The van der Waals surface area contributed by atoms with Crippen LogP contribution in [-0.2, 0) is 19.0 Å². The predicted octanol–water partition coefficient (Wildman–Crippen LogP) is 9.87. The molecule has 3 aromatic carbocycles. The average molecular weight is 773 g/mol. The van der Waals surface area contributed by atoms with E-state index >= 15 is 0 Å². The number of hydrogen-bond acceptors (Lipinski definition) is 11. The Labute approximate surface area is 325 Å². The maximum absolute atomic E-state index is 13.7. The summed E-state index contributed by atoms with van der Waals surface area (Å²) in [7, 11) is 0. The van der Waals surface area contributed by atoms with Crippen LogP contribution in [-0.4, -0.2) is 51.8 Å². The van der Waals surface area contributed by atoms with Crippen LogP contribution in [0, 0.1) is 32.1 Å². The van der Waals surface area contributed by atoms with Gasteiger partial charge in [0.05, 0.1) is 27.6 Å². The first-order valence-electron chi connectivity index (χ1n) is 18.7. The maximum Gasteiger partial charge on any atom is 0.338 e. The lowest BCUT2D eigenvalue weighted by Crippen LogP contribution is -2.34. The standard InChI is InChI=1S/C42H48N2O10S/c1-3-5-6-7-8-9-10-14-19-38(55-34-16-12-11-13-17-34)40-35(18-15-20-39(45)52-4-2)36(53-41(46)30-21-25-32(26-22-30)43(48)49)29-37(40)54-42(47)31-23-27-33(28-24-31)44(50)51/h8-9,11-14,16-17,19,21-28,35-38,40H,3-7,10,15,18,20,29H2,1-2H3/b9-8-,19-14-/t35-,36-,37+,38+,40-/m1/s1. The fourth-order valence-electron chi connectivity index (χ4n) is 6.66. The van der Waals surface area contributed by atoms with E-state index in [2.05, 4.69) is 31.2 Å². The number of nitrogens with zero attached hydrogens (tertiary/aromatic N) is 2. The van der Waals surface area contributed by atoms with Gasteiger partial charge in [0.1, 0.15) is 12.2 Å². The van der Waals surface area contributed by atoms with Crippen molar-refractivity contribution < 1.29 is 38.4 Å². The fourth-order valence-corrected chi connectivity index (χ4v) is 8.02. The van der Waals surface area contributed by atoms with Gasteiger partial charge in [-0.3, -0.25) is 25.0 Å². The number of hydrogen-bond donors (Lipinski definition) is 0. The molecule has 0 radical (unpaired) electrons. The van der Waals surface area contributed by atoms with Gasteiger partial charge in [-0.1, -0.05) is 62.3 Å². The van der Waals surface area contributed by atoms with Gasteiger partial charge < -0.3 is 14.2 Å². The molecule has 3 aromatic rings. The summed E-state index contributed by atoms with van der Waals surface area (Å²) in [6.07, 6.45) is 13.2. The molecule has 0 aromatic heterocycles. The van der Waals surface area contributed by atoms with E-state index in [9.17, 15) is 34.6 Å². The normalized spacial score (nSPS) is 18.6. The Kier molecular flexibility index (Phi) is 17.1. The monoisotopic (exact) mass is 772 g/mol. The molecule has 1 fully saturated rings. The Morgan fingerprint density at radius 3 is 1.95 bits per heavy atom. The van der Waals surface area contributed by atoms with Gasteiger partial charge in [-0.05, 0) is 75.4 Å². The van der Waals surface area contributed by atoms with Crippen LogP contribution in [0.1, 0.15) is 92.4 Å². The molecule has 13 heteroatoms. The van der Waals surface area contributed by atoms with Crippen molar-refractivity contribution in [3.8, 4) is 0 Å². The van der Waals surface area contributed by atoms with Gasteiger partial charge >= 0.3 is 17.9 Å². The van der Waals surface area contributed by atoms with Gasteiger partial charge in [0, 0.05) is 59.1 Å². The number of benzene rings is 3. The van der Waals surface area contributed by atoms with Gasteiger partial charge in [-0.2, -0.15) is 0 Å². The highest BCUT2D eigenvalue weighted by molar-refractivity contribution is 8.00. The van der Waals surface area contributed by atoms with E-state index in [-0.39, 0.29) is 59.1 Å². The van der Waals surface area contributed by atoms with Crippen molar-refractivity contribution in [3.63, 3.8) is 0 Å². The highest BCUT2D eigenvalue weighted by Crippen LogP contribution is 2.47. The van der Waals surface area contributed by atoms with E-state index in [0.717, 1.165) is 24.2 Å². The van der Waals surface area contributed by atoms with Gasteiger partial charge in [0.25, 0.3) is 11.4 Å². The predicted molar refractivity (Wildman–Crippen MR) is 210 cm³/mol. The van der Waals surface area contributed by atoms with E-state index in [1.165, 1.54) is 55.0 Å². The number of non-ortho nitro benzene ring substituents is 2. The van der Waals surface area contributed by atoms with Crippen LogP contribution < -0.4 is 0 Å². The number of esters is 3. The number of nitro benzene ring substituents is 2. The second-order valence-corrected chi connectivity index (χ2v) is 14.4. The zero-order valence-electron chi connectivity index (χ0n) is 31.2. The minimum Gasteiger partial charge on any atom is -0.466 e. The Bertz CT molecular complexity index is 1780. The van der Waals surface area contributed by atoms with Crippen LogP contribution >= 0.6 is 11.8 Å². The third kappa shape index (κ3) is 13.2. The summed E-state index contributed by atoms with van der Waals surface area (Å²) in [4.78, 5) is 62.1. The molecule has 55 heavy (non-hydrogen) atoms. The summed E-state index contributed by atoms with van der Waals surface area (Å²) in [5, 5.41) is 22.2. The first-order valence-corrected chi connectivity index (χ1v) is 19.6. The van der Waals surface area contributed by atoms with E-state index < -0.39 is 39.9 Å². The van der Waals surface area contributed by atoms with Crippen molar-refractivity contribution in [1.82, 2.24) is 0 Å². The Morgan fingerprint density at radius 2 is 1.38 bits per heavy atom. The number of carbonyl (C=O) groups excluding carboxylic acids is 3. The van der Waals surface area contributed by atoms with Gasteiger partial charge in [-0.25, -0.2) is 9.59 Å². The van der Waals surface area contributed by atoms with Gasteiger partial charge in [0.2, 0.25) is 0 Å². The lowest BCUT2D eigenvalue weighted by atomic mass is 9.85. The van der Waals surface area contributed by atoms with Crippen LogP contribution in [0.3, 0.4) is 0 Å². The summed E-state index contributed by atoms with van der Waals surface area (Å²) >= 11 is 1.59. The number of nitro groups is 2. The zero-order valence-corrected chi connectivity index (χ0v) is 32.0. The molecule has 0 amide bonds. The second-order valence-electron chi connectivity index (χ2n) is 13.2. The summed E-state index contributed by atoms with van der Waals surface area (Å²) in [5.74, 6) is -2.51. The summed E-state index contributed by atoms with van der Waals surface area (Å²) < 4.78 is 17.6. The number of rotatable bonds is 21. The molecule has 0 unspecified atom stereocenters. The molecule has 0 heterocycles. The lowest BCUT2D eigenvalue weighted by Gasteiger charge is -2.31. The molecule has 12 nitrogen and oxygen atoms in total. The van der Waals surface area contributed by atoms with Crippen LogP contribution in [0.2, 0.25) is 0 Å². The molecule has 5 atom stereocenters. The number of carbonyl (C=O) groups is 3. The third-order valence-corrected chi connectivity index (χ3v) is 10.7. The molecular weight excluding hydrogens is 725 g/mol. The topological polar surface area (TPSA) is 165 Å². The molecule has 1 aliphatic rings. The Hall–Kier alpha value is -5.30. The van der Waals surface area contributed by atoms with Crippen molar-refractivity contribution in [2.75, 3.05) is 6.61 Å². The van der Waals surface area contributed by atoms with Crippen molar-refractivity contribution >= 4 is 41.0 Å². The van der Waals surface area contributed by atoms with E-state index in [1.54, 1.807) is 18.7 Å². The van der Waals surface area contributed by atoms with E-state index in [1.807, 2.05) is 30.3 Å².